The third-order valence-corrected chi connectivity index (χ3v) is 5.57. The van der Waals surface area contributed by atoms with E-state index < -0.39 is 17.3 Å². The van der Waals surface area contributed by atoms with Gasteiger partial charge in [0.1, 0.15) is 0 Å². The van der Waals surface area contributed by atoms with Gasteiger partial charge >= 0.3 is 0 Å². The molecule has 1 aromatic carbocycles. The molecule has 0 aliphatic carbocycles. The predicted octanol–water partition coefficient (Wildman–Crippen LogP) is 4.42. The summed E-state index contributed by atoms with van der Waals surface area (Å²) in [5.41, 5.74) is 0.400. The first-order valence-corrected chi connectivity index (χ1v) is 9.48. The molecular weight excluding hydrogens is 367 g/mol. The summed E-state index contributed by atoms with van der Waals surface area (Å²) >= 11 is 0. The van der Waals surface area contributed by atoms with E-state index in [1.165, 1.54) is 0 Å². The Kier molecular flexibility index (Phi) is 4.69. The number of benzene rings is 1. The van der Waals surface area contributed by atoms with Crippen molar-refractivity contribution in [1.29, 1.82) is 0 Å². The Morgan fingerprint density at radius 2 is 1.89 bits per heavy atom. The molecular formula is C20H24F3N5. The minimum Gasteiger partial charge on any atom is -0.365 e. The number of nitrogens with zero attached hydrogens (tertiary/aromatic N) is 3. The summed E-state index contributed by atoms with van der Waals surface area (Å²) in [4.78, 5) is 10.1. The lowest BCUT2D eigenvalue weighted by molar-refractivity contribution is -0.00687. The van der Waals surface area contributed by atoms with Gasteiger partial charge in [0.25, 0.3) is 5.92 Å². The molecule has 2 aliphatic heterocycles. The molecule has 2 fully saturated rings. The molecule has 28 heavy (non-hydrogen) atoms. The fraction of sp³-hybridized carbons (Fsp3) is 0.500. The fourth-order valence-corrected chi connectivity index (χ4v) is 4.43. The van der Waals surface area contributed by atoms with Crippen molar-refractivity contribution in [3.63, 3.8) is 0 Å². The molecule has 2 saturated heterocycles. The molecule has 5 nitrogen and oxygen atoms in total. The summed E-state index contributed by atoms with van der Waals surface area (Å²) in [6.45, 7) is 3.73. The first kappa shape index (κ1) is 19.0. The van der Waals surface area contributed by atoms with Crippen molar-refractivity contribution in [3.05, 3.63) is 42.3 Å². The molecule has 8 heteroatoms. The molecule has 0 bridgehead atoms. The van der Waals surface area contributed by atoms with Gasteiger partial charge in [-0.15, -0.1) is 0 Å². The molecule has 150 valence electrons. The molecule has 2 aliphatic rings. The molecule has 0 spiro atoms. The number of nitrogens with one attached hydrogen (secondary N) is 2. The Morgan fingerprint density at radius 1 is 1.14 bits per heavy atom. The van der Waals surface area contributed by atoms with E-state index >= 15 is 0 Å². The molecule has 2 aromatic rings. The van der Waals surface area contributed by atoms with Crippen molar-refractivity contribution in [1.82, 2.24) is 14.9 Å². The SMILES string of the molecule is CC1(C)CC(Nc2nc(Nc3ccccc3)ncc2F)CC2CC(F)(F)CN21. The van der Waals surface area contributed by atoms with E-state index in [2.05, 4.69) is 20.6 Å². The van der Waals surface area contributed by atoms with Crippen molar-refractivity contribution < 1.29 is 13.2 Å². The highest BCUT2D eigenvalue weighted by Gasteiger charge is 2.53. The Balaban J connectivity index is 1.50. The fourth-order valence-electron chi connectivity index (χ4n) is 4.43. The lowest BCUT2D eigenvalue weighted by Crippen LogP contribution is -2.55. The van der Waals surface area contributed by atoms with Gasteiger partial charge < -0.3 is 10.6 Å². The Labute approximate surface area is 162 Å². The van der Waals surface area contributed by atoms with Gasteiger partial charge in [0.15, 0.2) is 11.6 Å². The van der Waals surface area contributed by atoms with Crippen LogP contribution >= 0.6 is 0 Å². The molecule has 2 atom stereocenters. The summed E-state index contributed by atoms with van der Waals surface area (Å²) in [5, 5.41) is 6.17. The second-order valence-corrected chi connectivity index (χ2v) is 8.32. The monoisotopic (exact) mass is 391 g/mol. The molecule has 0 amide bonds. The van der Waals surface area contributed by atoms with Gasteiger partial charge in [-0.1, -0.05) is 18.2 Å². The van der Waals surface area contributed by atoms with Crippen LogP contribution in [0.1, 0.15) is 33.1 Å². The average molecular weight is 391 g/mol. The Hall–Kier alpha value is -2.35. The minimum atomic E-state index is -2.66. The molecule has 3 heterocycles. The Bertz CT molecular complexity index is 843. The molecule has 1 aromatic heterocycles. The van der Waals surface area contributed by atoms with Gasteiger partial charge in [0, 0.05) is 29.7 Å². The van der Waals surface area contributed by atoms with Crippen LogP contribution < -0.4 is 10.6 Å². The van der Waals surface area contributed by atoms with Gasteiger partial charge in [0.05, 0.1) is 12.7 Å². The van der Waals surface area contributed by atoms with Gasteiger partial charge in [0.2, 0.25) is 5.95 Å². The van der Waals surface area contributed by atoms with Crippen molar-refractivity contribution in [2.75, 3.05) is 17.2 Å². The zero-order valence-corrected chi connectivity index (χ0v) is 15.9. The third kappa shape index (κ3) is 3.92. The minimum absolute atomic E-state index is 0.0902. The van der Waals surface area contributed by atoms with E-state index in [9.17, 15) is 13.2 Å². The normalized spacial score (nSPS) is 25.9. The lowest BCUT2D eigenvalue weighted by atomic mass is 9.84. The van der Waals surface area contributed by atoms with Crippen LogP contribution in [0, 0.1) is 5.82 Å². The Morgan fingerprint density at radius 3 is 2.64 bits per heavy atom. The molecule has 2 unspecified atom stereocenters. The van der Waals surface area contributed by atoms with Crippen molar-refractivity contribution in [3.8, 4) is 0 Å². The average Bonchev–Trinajstić information content (AvgIpc) is 2.94. The number of anilines is 3. The van der Waals surface area contributed by atoms with Crippen molar-refractivity contribution in [2.45, 2.75) is 56.7 Å². The van der Waals surface area contributed by atoms with Crippen LogP contribution in [0.15, 0.2) is 36.5 Å². The molecule has 0 radical (unpaired) electrons. The van der Waals surface area contributed by atoms with Crippen LogP contribution in [-0.2, 0) is 0 Å². The maximum absolute atomic E-state index is 14.3. The third-order valence-electron chi connectivity index (χ3n) is 5.57. The van der Waals surface area contributed by atoms with Gasteiger partial charge in [-0.05, 0) is 38.8 Å². The van der Waals surface area contributed by atoms with Gasteiger partial charge in [-0.3, -0.25) is 4.90 Å². The van der Waals surface area contributed by atoms with Crippen LogP contribution in [0.5, 0.6) is 0 Å². The van der Waals surface area contributed by atoms with E-state index in [4.69, 9.17) is 0 Å². The zero-order chi connectivity index (χ0) is 19.9. The second-order valence-electron chi connectivity index (χ2n) is 8.32. The summed E-state index contributed by atoms with van der Waals surface area (Å²) in [5.74, 6) is -2.86. The smallest absolute Gasteiger partial charge is 0.262 e. The number of hydrogen-bond acceptors (Lipinski definition) is 5. The molecule has 2 N–H and O–H groups in total. The number of fused-ring (bicyclic) bond motifs is 1. The van der Waals surface area contributed by atoms with E-state index in [0.717, 1.165) is 11.9 Å². The highest BCUT2D eigenvalue weighted by Crippen LogP contribution is 2.44. The van der Waals surface area contributed by atoms with Crippen molar-refractivity contribution >= 4 is 17.5 Å². The maximum atomic E-state index is 14.3. The number of hydrogen-bond donors (Lipinski definition) is 2. The highest BCUT2D eigenvalue weighted by molar-refractivity contribution is 5.54. The summed E-state index contributed by atoms with van der Waals surface area (Å²) < 4.78 is 42.1. The number of piperidine rings is 1. The molecule has 0 saturated carbocycles. The number of rotatable bonds is 4. The van der Waals surface area contributed by atoms with Crippen LogP contribution in [0.3, 0.4) is 0 Å². The number of aromatic nitrogens is 2. The van der Waals surface area contributed by atoms with E-state index in [1.54, 1.807) is 0 Å². The maximum Gasteiger partial charge on any atom is 0.262 e. The summed E-state index contributed by atoms with van der Waals surface area (Å²) in [7, 11) is 0. The lowest BCUT2D eigenvalue weighted by Gasteiger charge is -2.47. The first-order chi connectivity index (χ1) is 13.2. The quantitative estimate of drug-likeness (QED) is 0.808. The van der Waals surface area contributed by atoms with Crippen molar-refractivity contribution in [2.24, 2.45) is 0 Å². The van der Waals surface area contributed by atoms with Gasteiger partial charge in [-0.2, -0.15) is 4.98 Å². The summed E-state index contributed by atoms with van der Waals surface area (Å²) in [6.07, 6.45) is 2.13. The first-order valence-electron chi connectivity index (χ1n) is 9.48. The largest absolute Gasteiger partial charge is 0.365 e. The van der Waals surface area contributed by atoms with Crippen LogP contribution in [0.4, 0.5) is 30.6 Å². The zero-order valence-electron chi connectivity index (χ0n) is 15.9. The van der Waals surface area contributed by atoms with E-state index in [1.807, 2.05) is 49.1 Å². The number of halogens is 3. The highest BCUT2D eigenvalue weighted by atomic mass is 19.3. The van der Waals surface area contributed by atoms with Crippen LogP contribution in [-0.4, -0.2) is 45.0 Å². The summed E-state index contributed by atoms with van der Waals surface area (Å²) in [6, 6.07) is 9.00. The molecule has 4 rings (SSSR count). The van der Waals surface area contributed by atoms with E-state index in [-0.39, 0.29) is 36.8 Å². The second kappa shape index (κ2) is 6.92. The van der Waals surface area contributed by atoms with Gasteiger partial charge in [-0.25, -0.2) is 18.2 Å². The van der Waals surface area contributed by atoms with Crippen LogP contribution in [0.25, 0.3) is 0 Å². The number of alkyl halides is 2. The number of para-hydroxylation sites is 1. The predicted molar refractivity (Wildman–Crippen MR) is 102 cm³/mol. The topological polar surface area (TPSA) is 53.1 Å². The van der Waals surface area contributed by atoms with Crippen LogP contribution in [0.2, 0.25) is 0 Å². The van der Waals surface area contributed by atoms with E-state index in [0.29, 0.717) is 12.8 Å². The standard InChI is InChI=1S/C20H24F3N5/c1-19(2)9-14(8-15-10-20(22,23)12-28(15)19)25-17-16(21)11-24-18(27-17)26-13-6-4-3-5-7-13/h3-7,11,14-15H,8-10,12H2,1-2H3,(H2,24,25,26,27).